The number of nitrogens with zero attached hydrogens (tertiary/aromatic N) is 3. The van der Waals surface area contributed by atoms with E-state index in [1.165, 1.54) is 35.6 Å². The third-order valence-electron chi connectivity index (χ3n) is 5.09. The fraction of sp³-hybridized carbons (Fsp3) is 0.273. The summed E-state index contributed by atoms with van der Waals surface area (Å²) in [5.74, 6) is -0.495. The molecule has 0 aliphatic rings. The van der Waals surface area contributed by atoms with Gasteiger partial charge in [-0.2, -0.15) is 0 Å². The predicted octanol–water partition coefficient (Wildman–Crippen LogP) is 3.91. The van der Waals surface area contributed by atoms with Crippen LogP contribution in [-0.4, -0.2) is 40.1 Å². The number of nitro groups is 1. The summed E-state index contributed by atoms with van der Waals surface area (Å²) in [6, 6.07) is 11.8. The van der Waals surface area contributed by atoms with Gasteiger partial charge in [0.25, 0.3) is 11.6 Å². The molecule has 0 aliphatic carbocycles. The summed E-state index contributed by atoms with van der Waals surface area (Å²) in [7, 11) is 1.58. The van der Waals surface area contributed by atoms with E-state index in [9.17, 15) is 19.7 Å². The van der Waals surface area contributed by atoms with E-state index in [0.717, 1.165) is 5.56 Å². The van der Waals surface area contributed by atoms with Crippen LogP contribution in [0.25, 0.3) is 10.6 Å². The molecule has 0 fully saturated rings. The van der Waals surface area contributed by atoms with Gasteiger partial charge < -0.3 is 10.1 Å². The number of ether oxygens (including phenoxy) is 1. The molecule has 0 radical (unpaired) electrons. The van der Waals surface area contributed by atoms with Crippen LogP contribution in [0.3, 0.4) is 0 Å². The molecule has 10 nitrogen and oxygen atoms in total. The van der Waals surface area contributed by atoms with Crippen molar-refractivity contribution in [1.82, 2.24) is 15.5 Å². The number of amides is 2. The maximum Gasteiger partial charge on any atom is 0.270 e. The summed E-state index contributed by atoms with van der Waals surface area (Å²) in [6.07, 6.45) is 0.626. The Labute approximate surface area is 194 Å². The molecule has 2 unspecified atom stereocenters. The lowest BCUT2D eigenvalue weighted by molar-refractivity contribution is -0.384. The van der Waals surface area contributed by atoms with Crippen LogP contribution < -0.4 is 15.4 Å². The zero-order valence-electron chi connectivity index (χ0n) is 18.3. The Morgan fingerprint density at radius 2 is 1.91 bits per heavy atom. The molecule has 1 heterocycles. The summed E-state index contributed by atoms with van der Waals surface area (Å²) in [5.41, 5.74) is 0.723. The van der Waals surface area contributed by atoms with Crippen molar-refractivity contribution < 1.29 is 19.2 Å². The van der Waals surface area contributed by atoms with Crippen molar-refractivity contribution in [2.75, 3.05) is 12.4 Å². The zero-order valence-corrected chi connectivity index (χ0v) is 19.1. The monoisotopic (exact) mass is 469 g/mol. The minimum atomic E-state index is -0.866. The molecule has 2 amide bonds. The summed E-state index contributed by atoms with van der Waals surface area (Å²) in [4.78, 5) is 36.1. The maximum atomic E-state index is 13.0. The molecule has 0 saturated heterocycles. The number of methoxy groups -OCH3 is 1. The minimum absolute atomic E-state index is 0.100. The number of benzene rings is 2. The number of rotatable bonds is 9. The van der Waals surface area contributed by atoms with Gasteiger partial charge in [-0.05, 0) is 36.2 Å². The van der Waals surface area contributed by atoms with E-state index in [1.807, 2.05) is 26.0 Å². The lowest BCUT2D eigenvalue weighted by Crippen LogP contribution is -2.47. The lowest BCUT2D eigenvalue weighted by atomic mass is 9.98. The van der Waals surface area contributed by atoms with Gasteiger partial charge in [-0.3, -0.25) is 25.0 Å². The first-order valence-corrected chi connectivity index (χ1v) is 11.0. The fourth-order valence-electron chi connectivity index (χ4n) is 2.99. The highest BCUT2D eigenvalue weighted by atomic mass is 32.1. The predicted molar refractivity (Wildman–Crippen MR) is 124 cm³/mol. The number of nitro benzene ring substituents is 1. The van der Waals surface area contributed by atoms with Crippen LogP contribution in [0, 0.1) is 16.0 Å². The molecule has 0 bridgehead atoms. The Morgan fingerprint density at radius 1 is 1.18 bits per heavy atom. The summed E-state index contributed by atoms with van der Waals surface area (Å²) in [5, 5.41) is 25.5. The van der Waals surface area contributed by atoms with Gasteiger partial charge in [-0.1, -0.05) is 37.7 Å². The van der Waals surface area contributed by atoms with Crippen LogP contribution in [0.4, 0.5) is 10.8 Å². The van der Waals surface area contributed by atoms with Gasteiger partial charge in [0.05, 0.1) is 12.0 Å². The second-order valence-electron chi connectivity index (χ2n) is 7.27. The first-order chi connectivity index (χ1) is 15.8. The van der Waals surface area contributed by atoms with Gasteiger partial charge in [0.2, 0.25) is 11.0 Å². The van der Waals surface area contributed by atoms with E-state index in [0.29, 0.717) is 22.3 Å². The average Bonchev–Trinajstić information content (AvgIpc) is 3.30. The topological polar surface area (TPSA) is 136 Å². The molecule has 2 aromatic carbocycles. The number of carbonyl (C=O) groups excluding carboxylic acids is 2. The quantitative estimate of drug-likeness (QED) is 0.358. The van der Waals surface area contributed by atoms with Gasteiger partial charge in [-0.25, -0.2) is 0 Å². The number of anilines is 1. The third-order valence-corrected chi connectivity index (χ3v) is 5.98. The van der Waals surface area contributed by atoms with Crippen molar-refractivity contribution in [3.05, 3.63) is 64.2 Å². The van der Waals surface area contributed by atoms with Crippen molar-refractivity contribution in [2.24, 2.45) is 5.92 Å². The highest BCUT2D eigenvalue weighted by Crippen LogP contribution is 2.28. The first-order valence-electron chi connectivity index (χ1n) is 10.2. The Kier molecular flexibility index (Phi) is 7.67. The molecule has 3 aromatic rings. The molecule has 33 heavy (non-hydrogen) atoms. The molecule has 0 spiro atoms. The van der Waals surface area contributed by atoms with Crippen molar-refractivity contribution in [1.29, 1.82) is 0 Å². The van der Waals surface area contributed by atoms with Crippen LogP contribution in [0.15, 0.2) is 48.5 Å². The normalized spacial score (nSPS) is 12.5. The van der Waals surface area contributed by atoms with Crippen LogP contribution in [-0.2, 0) is 4.79 Å². The van der Waals surface area contributed by atoms with Crippen LogP contribution in [0.2, 0.25) is 0 Å². The van der Waals surface area contributed by atoms with E-state index in [1.54, 1.807) is 19.2 Å². The Bertz CT molecular complexity index is 1150. The number of hydrogen-bond acceptors (Lipinski definition) is 8. The maximum absolute atomic E-state index is 13.0. The standard InChI is InChI=1S/C22H23N5O5S/c1-4-13(2)18(23-19(28)15-6-5-7-16(12-15)27(30)31)20(29)24-22-26-25-21(33-22)14-8-10-17(32-3)11-9-14/h5-13,18H,4H2,1-3H3,(H,23,28)(H,24,26,29). The largest absolute Gasteiger partial charge is 0.497 e. The van der Waals surface area contributed by atoms with Crippen molar-refractivity contribution >= 4 is 34.0 Å². The number of carbonyl (C=O) groups is 2. The molecule has 1 aromatic heterocycles. The molecule has 172 valence electrons. The van der Waals surface area contributed by atoms with Gasteiger partial charge >= 0.3 is 0 Å². The minimum Gasteiger partial charge on any atom is -0.497 e. The van der Waals surface area contributed by atoms with Gasteiger partial charge in [0, 0.05) is 23.3 Å². The second-order valence-corrected chi connectivity index (χ2v) is 8.25. The van der Waals surface area contributed by atoms with Crippen molar-refractivity contribution in [2.45, 2.75) is 26.3 Å². The Hall–Kier alpha value is -3.86. The SMILES string of the molecule is CCC(C)C(NC(=O)c1cccc([N+](=O)[O-])c1)C(=O)Nc1nnc(-c2ccc(OC)cc2)s1. The summed E-state index contributed by atoms with van der Waals surface area (Å²) in [6.45, 7) is 3.73. The van der Waals surface area contributed by atoms with Crippen LogP contribution >= 0.6 is 11.3 Å². The highest BCUT2D eigenvalue weighted by Gasteiger charge is 2.27. The lowest BCUT2D eigenvalue weighted by Gasteiger charge is -2.23. The van der Waals surface area contributed by atoms with Gasteiger partial charge in [0.1, 0.15) is 16.8 Å². The molecular formula is C22H23N5O5S. The highest BCUT2D eigenvalue weighted by molar-refractivity contribution is 7.18. The van der Waals surface area contributed by atoms with E-state index < -0.39 is 22.8 Å². The Balaban J connectivity index is 1.73. The first kappa shape index (κ1) is 23.8. The molecule has 0 saturated carbocycles. The Morgan fingerprint density at radius 3 is 2.55 bits per heavy atom. The molecule has 2 atom stereocenters. The third kappa shape index (κ3) is 5.89. The van der Waals surface area contributed by atoms with Gasteiger partial charge in [0.15, 0.2) is 0 Å². The average molecular weight is 470 g/mol. The second kappa shape index (κ2) is 10.6. The van der Waals surface area contributed by atoms with E-state index in [2.05, 4.69) is 20.8 Å². The van der Waals surface area contributed by atoms with E-state index in [-0.39, 0.29) is 17.2 Å². The molecule has 11 heteroatoms. The number of nitrogens with one attached hydrogen (secondary N) is 2. The van der Waals surface area contributed by atoms with Crippen molar-refractivity contribution in [3.63, 3.8) is 0 Å². The fourth-order valence-corrected chi connectivity index (χ4v) is 3.75. The number of non-ortho nitro benzene ring substituents is 1. The number of hydrogen-bond donors (Lipinski definition) is 2. The molecule has 3 rings (SSSR count). The number of aromatic nitrogens is 2. The van der Waals surface area contributed by atoms with Crippen LogP contribution in [0.1, 0.15) is 30.6 Å². The molecule has 0 aliphatic heterocycles. The summed E-state index contributed by atoms with van der Waals surface area (Å²) >= 11 is 1.20. The summed E-state index contributed by atoms with van der Waals surface area (Å²) < 4.78 is 5.15. The van der Waals surface area contributed by atoms with E-state index in [4.69, 9.17) is 4.74 Å². The van der Waals surface area contributed by atoms with E-state index >= 15 is 0 Å². The smallest absolute Gasteiger partial charge is 0.270 e. The van der Waals surface area contributed by atoms with Crippen molar-refractivity contribution in [3.8, 4) is 16.3 Å². The molecule has 2 N–H and O–H groups in total. The molecular weight excluding hydrogens is 446 g/mol. The van der Waals surface area contributed by atoms with Crippen LogP contribution in [0.5, 0.6) is 5.75 Å². The zero-order chi connectivity index (χ0) is 24.0. The van der Waals surface area contributed by atoms with Gasteiger partial charge in [-0.15, -0.1) is 10.2 Å².